The fourth-order valence-corrected chi connectivity index (χ4v) is 1.08. The molecule has 0 spiro atoms. The summed E-state index contributed by atoms with van der Waals surface area (Å²) in [5.74, 6) is -2.04. The number of amides is 1. The molecule has 0 bridgehead atoms. The average Bonchev–Trinajstić information content (AvgIpc) is 2.34. The predicted octanol–water partition coefficient (Wildman–Crippen LogP) is 1.44. The van der Waals surface area contributed by atoms with Crippen LogP contribution in [-0.4, -0.2) is 29.2 Å². The molecule has 0 aliphatic rings. The molecular formula is C12H11NO5. The Morgan fingerprint density at radius 2 is 1.89 bits per heavy atom. The number of Topliss-reactive ketones (excluding diaryl/α,β-unsaturated/α-hetero) is 1. The Morgan fingerprint density at radius 3 is 2.50 bits per heavy atom. The Bertz CT molecular complexity index is 467. The zero-order valence-corrected chi connectivity index (χ0v) is 9.41. The minimum absolute atomic E-state index is 0.0458. The third kappa shape index (κ3) is 5.55. The van der Waals surface area contributed by atoms with E-state index < -0.39 is 24.3 Å². The van der Waals surface area contributed by atoms with Gasteiger partial charge in [0.15, 0.2) is 5.78 Å². The summed E-state index contributed by atoms with van der Waals surface area (Å²) < 4.78 is 4.75. The molecular weight excluding hydrogens is 238 g/mol. The second kappa shape index (κ2) is 6.95. The van der Waals surface area contributed by atoms with Gasteiger partial charge in [-0.2, -0.15) is 4.99 Å². The van der Waals surface area contributed by atoms with Gasteiger partial charge in [0.2, 0.25) is 0 Å². The van der Waals surface area contributed by atoms with Gasteiger partial charge >= 0.3 is 12.1 Å². The maximum absolute atomic E-state index is 11.1. The van der Waals surface area contributed by atoms with Crippen molar-refractivity contribution in [2.45, 2.75) is 13.0 Å². The molecule has 0 fully saturated rings. The van der Waals surface area contributed by atoms with E-state index in [0.29, 0.717) is 6.21 Å². The molecule has 18 heavy (non-hydrogen) atoms. The van der Waals surface area contributed by atoms with E-state index in [9.17, 15) is 14.4 Å². The second-order valence-corrected chi connectivity index (χ2v) is 3.34. The van der Waals surface area contributed by atoms with Crippen LogP contribution in [0.2, 0.25) is 0 Å². The number of carboxylic acids is 1. The lowest BCUT2D eigenvalue weighted by molar-refractivity contribution is -0.138. The number of carbonyl (C=O) groups excluding carboxylic acids is 2. The normalized spacial score (nSPS) is 10.2. The van der Waals surface area contributed by atoms with Crippen molar-refractivity contribution in [1.29, 1.82) is 0 Å². The largest absolute Gasteiger partial charge is 0.481 e. The van der Waals surface area contributed by atoms with Crippen LogP contribution in [0, 0.1) is 0 Å². The molecule has 0 aliphatic heterocycles. The molecule has 0 heterocycles. The highest BCUT2D eigenvalue weighted by Gasteiger charge is 2.06. The van der Waals surface area contributed by atoms with Crippen molar-refractivity contribution < 1.29 is 24.2 Å². The van der Waals surface area contributed by atoms with Gasteiger partial charge in [-0.05, 0) is 5.56 Å². The zero-order chi connectivity index (χ0) is 13.4. The number of ketones is 1. The summed E-state index contributed by atoms with van der Waals surface area (Å²) in [4.78, 5) is 35.3. The van der Waals surface area contributed by atoms with Crippen molar-refractivity contribution in [2.24, 2.45) is 4.99 Å². The Labute approximate surface area is 103 Å². The van der Waals surface area contributed by atoms with Crippen molar-refractivity contribution in [3.63, 3.8) is 0 Å². The zero-order valence-electron chi connectivity index (χ0n) is 9.41. The number of aliphatic carboxylic acids is 1. The van der Waals surface area contributed by atoms with Crippen LogP contribution in [-0.2, 0) is 20.9 Å². The number of hydrogen-bond acceptors (Lipinski definition) is 4. The summed E-state index contributed by atoms with van der Waals surface area (Å²) in [6.45, 7) is 0.0458. The summed E-state index contributed by atoms with van der Waals surface area (Å²) in [5.41, 5.74) is 0.790. The molecule has 6 heteroatoms. The van der Waals surface area contributed by atoms with E-state index in [-0.39, 0.29) is 6.61 Å². The van der Waals surface area contributed by atoms with Crippen LogP contribution in [0.25, 0.3) is 0 Å². The summed E-state index contributed by atoms with van der Waals surface area (Å²) in [5, 5.41) is 8.30. The van der Waals surface area contributed by atoms with Crippen molar-refractivity contribution in [3.05, 3.63) is 35.9 Å². The number of carbonyl (C=O) groups is 3. The number of ether oxygens (including phenoxy) is 1. The van der Waals surface area contributed by atoms with E-state index in [1.54, 1.807) is 24.3 Å². The van der Waals surface area contributed by atoms with Gasteiger partial charge in [0.25, 0.3) is 0 Å². The lowest BCUT2D eigenvalue weighted by atomic mass is 10.2. The highest BCUT2D eigenvalue weighted by atomic mass is 16.5. The number of rotatable bonds is 5. The molecule has 6 nitrogen and oxygen atoms in total. The van der Waals surface area contributed by atoms with E-state index in [2.05, 4.69) is 4.99 Å². The van der Waals surface area contributed by atoms with Crippen LogP contribution in [0.4, 0.5) is 4.79 Å². The third-order valence-electron chi connectivity index (χ3n) is 1.84. The highest BCUT2D eigenvalue weighted by Crippen LogP contribution is 2.01. The molecule has 0 unspecified atom stereocenters. The van der Waals surface area contributed by atoms with Crippen LogP contribution in [0.15, 0.2) is 35.3 Å². The van der Waals surface area contributed by atoms with Gasteiger partial charge in [-0.3, -0.25) is 9.59 Å². The molecule has 1 rings (SSSR count). The van der Waals surface area contributed by atoms with E-state index in [0.717, 1.165) is 5.56 Å². The van der Waals surface area contributed by atoms with Crippen LogP contribution in [0.3, 0.4) is 0 Å². The maximum atomic E-state index is 11.1. The topological polar surface area (TPSA) is 93.0 Å². The average molecular weight is 249 g/mol. The van der Waals surface area contributed by atoms with E-state index in [1.165, 1.54) is 0 Å². The van der Waals surface area contributed by atoms with Gasteiger partial charge in [0, 0.05) is 0 Å². The second-order valence-electron chi connectivity index (χ2n) is 3.34. The Kier molecular flexibility index (Phi) is 5.24. The SMILES string of the molecule is O=C(O)CC(=O)C=NC(=O)OCc1ccccc1. The smallest absolute Gasteiger partial charge is 0.434 e. The summed E-state index contributed by atoms with van der Waals surface area (Å²) >= 11 is 0. The minimum Gasteiger partial charge on any atom is -0.481 e. The third-order valence-corrected chi connectivity index (χ3v) is 1.84. The number of benzene rings is 1. The molecule has 0 aromatic heterocycles. The molecule has 1 N–H and O–H groups in total. The van der Waals surface area contributed by atoms with E-state index >= 15 is 0 Å². The van der Waals surface area contributed by atoms with E-state index in [4.69, 9.17) is 9.84 Å². The molecule has 0 saturated carbocycles. The minimum atomic E-state index is -1.27. The van der Waals surface area contributed by atoms with Crippen molar-refractivity contribution in [2.75, 3.05) is 0 Å². The van der Waals surface area contributed by atoms with Gasteiger partial charge < -0.3 is 9.84 Å². The molecule has 0 atom stereocenters. The van der Waals surface area contributed by atoms with Crippen molar-refractivity contribution in [1.82, 2.24) is 0 Å². The number of carboxylic acid groups (broad SMARTS) is 1. The first-order chi connectivity index (χ1) is 8.58. The Balaban J connectivity index is 2.36. The van der Waals surface area contributed by atoms with Gasteiger partial charge in [0.1, 0.15) is 13.0 Å². The Hall–Kier alpha value is -2.50. The standard InChI is InChI=1S/C12H11NO5/c14-10(6-11(15)16)7-13-12(17)18-8-9-4-2-1-3-5-9/h1-5,7H,6,8H2,(H,15,16). The van der Waals surface area contributed by atoms with Gasteiger partial charge in [-0.1, -0.05) is 30.3 Å². The summed E-state index contributed by atoms with van der Waals surface area (Å²) in [7, 11) is 0. The Morgan fingerprint density at radius 1 is 1.22 bits per heavy atom. The number of aliphatic imine (C=N–C) groups is 1. The monoisotopic (exact) mass is 249 g/mol. The fraction of sp³-hybridized carbons (Fsp3) is 0.167. The summed E-state index contributed by atoms with van der Waals surface area (Å²) in [6, 6.07) is 8.96. The maximum Gasteiger partial charge on any atom is 0.434 e. The lowest BCUT2D eigenvalue weighted by Gasteiger charge is -2.00. The van der Waals surface area contributed by atoms with Gasteiger partial charge in [-0.15, -0.1) is 0 Å². The van der Waals surface area contributed by atoms with Crippen LogP contribution in [0.1, 0.15) is 12.0 Å². The molecule has 94 valence electrons. The lowest BCUT2D eigenvalue weighted by Crippen LogP contribution is -2.09. The molecule has 1 amide bonds. The van der Waals surface area contributed by atoms with E-state index in [1.807, 2.05) is 6.07 Å². The van der Waals surface area contributed by atoms with Crippen molar-refractivity contribution in [3.8, 4) is 0 Å². The van der Waals surface area contributed by atoms with Gasteiger partial charge in [0.05, 0.1) is 6.21 Å². The van der Waals surface area contributed by atoms with Crippen LogP contribution >= 0.6 is 0 Å². The molecule has 0 radical (unpaired) electrons. The summed E-state index contributed by atoms with van der Waals surface area (Å²) in [6.07, 6.45) is -0.978. The van der Waals surface area contributed by atoms with Crippen LogP contribution in [0.5, 0.6) is 0 Å². The molecule has 0 aliphatic carbocycles. The van der Waals surface area contributed by atoms with Gasteiger partial charge in [-0.25, -0.2) is 4.79 Å². The number of nitrogens with zero attached hydrogens (tertiary/aromatic N) is 1. The first-order valence-electron chi connectivity index (χ1n) is 5.07. The van der Waals surface area contributed by atoms with Crippen LogP contribution < -0.4 is 0 Å². The quantitative estimate of drug-likeness (QED) is 0.629. The predicted molar refractivity (Wildman–Crippen MR) is 62.4 cm³/mol. The first kappa shape index (κ1) is 13.6. The van der Waals surface area contributed by atoms with Crippen molar-refractivity contribution >= 4 is 24.1 Å². The number of hydrogen-bond donors (Lipinski definition) is 1. The highest BCUT2D eigenvalue weighted by molar-refractivity contribution is 6.32. The first-order valence-corrected chi connectivity index (χ1v) is 5.07. The fourth-order valence-electron chi connectivity index (χ4n) is 1.08. The molecule has 0 saturated heterocycles. The molecule has 1 aromatic carbocycles. The molecule has 1 aromatic rings.